The number of hydrogen-bond donors (Lipinski definition) is 1. The van der Waals surface area contributed by atoms with E-state index in [4.69, 9.17) is 9.47 Å². The van der Waals surface area contributed by atoms with Gasteiger partial charge in [0.25, 0.3) is 5.91 Å². The maximum Gasteiger partial charge on any atom is 0.264 e. The van der Waals surface area contributed by atoms with Crippen molar-refractivity contribution in [3.05, 3.63) is 23.8 Å². The van der Waals surface area contributed by atoms with Crippen LogP contribution in [0.4, 0.5) is 5.69 Å². The van der Waals surface area contributed by atoms with Gasteiger partial charge in [-0.3, -0.25) is 4.79 Å². The fraction of sp³-hybridized carbons (Fsp3) is 0.462. The summed E-state index contributed by atoms with van der Waals surface area (Å²) >= 11 is 0. The fourth-order valence-electron chi connectivity index (χ4n) is 2.29. The van der Waals surface area contributed by atoms with E-state index in [9.17, 15) is 4.79 Å². The molecule has 1 fully saturated rings. The van der Waals surface area contributed by atoms with Crippen molar-refractivity contribution >= 4 is 11.6 Å². The molecular weight excluding hydrogens is 232 g/mol. The zero-order chi connectivity index (χ0) is 12.5. The lowest BCUT2D eigenvalue weighted by molar-refractivity contribution is -0.120. The lowest BCUT2D eigenvalue weighted by Gasteiger charge is -2.28. The Kier molecular flexibility index (Phi) is 2.93. The SMILES string of the molecule is CN1C(=O)COc2cc(C3COCCN3)ccc21. The third-order valence-electron chi connectivity index (χ3n) is 3.39. The van der Waals surface area contributed by atoms with Crippen molar-refractivity contribution in [2.75, 3.05) is 38.3 Å². The van der Waals surface area contributed by atoms with E-state index >= 15 is 0 Å². The molecule has 2 aliphatic heterocycles. The molecule has 1 atom stereocenters. The number of nitrogens with one attached hydrogen (secondary N) is 1. The van der Waals surface area contributed by atoms with Gasteiger partial charge in [0.15, 0.2) is 6.61 Å². The van der Waals surface area contributed by atoms with E-state index in [1.165, 1.54) is 0 Å². The number of benzene rings is 1. The predicted octanol–water partition coefficient (Wildman–Crippen LogP) is 0.703. The molecule has 18 heavy (non-hydrogen) atoms. The molecule has 1 aromatic carbocycles. The molecule has 3 rings (SSSR count). The largest absolute Gasteiger partial charge is 0.482 e. The van der Waals surface area contributed by atoms with Crippen molar-refractivity contribution in [2.24, 2.45) is 0 Å². The van der Waals surface area contributed by atoms with Crippen LogP contribution < -0.4 is 15.0 Å². The van der Waals surface area contributed by atoms with Gasteiger partial charge < -0.3 is 19.7 Å². The van der Waals surface area contributed by atoms with E-state index < -0.39 is 0 Å². The van der Waals surface area contributed by atoms with Crippen molar-refractivity contribution in [3.63, 3.8) is 0 Å². The van der Waals surface area contributed by atoms with E-state index in [0.717, 1.165) is 30.2 Å². The Bertz CT molecular complexity index is 469. The number of likely N-dealkylation sites (N-methyl/N-ethyl adjacent to an activating group) is 1. The summed E-state index contributed by atoms with van der Waals surface area (Å²) in [5.74, 6) is 0.747. The van der Waals surface area contributed by atoms with Gasteiger partial charge in [0.05, 0.1) is 24.9 Å². The van der Waals surface area contributed by atoms with Gasteiger partial charge in [0.2, 0.25) is 0 Å². The summed E-state index contributed by atoms with van der Waals surface area (Å²) in [4.78, 5) is 13.1. The van der Waals surface area contributed by atoms with Gasteiger partial charge in [0.1, 0.15) is 5.75 Å². The van der Waals surface area contributed by atoms with Crippen LogP contribution in [0.1, 0.15) is 11.6 Å². The predicted molar refractivity (Wildman–Crippen MR) is 66.9 cm³/mol. The topological polar surface area (TPSA) is 50.8 Å². The highest BCUT2D eigenvalue weighted by Gasteiger charge is 2.24. The van der Waals surface area contributed by atoms with Crippen LogP contribution in [0.3, 0.4) is 0 Å². The maximum atomic E-state index is 11.5. The molecule has 5 nitrogen and oxygen atoms in total. The van der Waals surface area contributed by atoms with Crippen LogP contribution in [0.15, 0.2) is 18.2 Å². The van der Waals surface area contributed by atoms with Gasteiger partial charge in [0, 0.05) is 13.6 Å². The number of amides is 1. The van der Waals surface area contributed by atoms with Crippen LogP contribution >= 0.6 is 0 Å². The van der Waals surface area contributed by atoms with Gasteiger partial charge in [-0.05, 0) is 17.7 Å². The highest BCUT2D eigenvalue weighted by Crippen LogP contribution is 2.33. The average molecular weight is 248 g/mol. The molecule has 1 unspecified atom stereocenters. The molecule has 0 radical (unpaired) electrons. The number of morpholine rings is 1. The molecule has 0 saturated carbocycles. The van der Waals surface area contributed by atoms with Crippen LogP contribution in [-0.2, 0) is 9.53 Å². The molecule has 0 aromatic heterocycles. The van der Waals surface area contributed by atoms with Crippen LogP contribution in [-0.4, -0.2) is 39.3 Å². The smallest absolute Gasteiger partial charge is 0.264 e. The number of hydrogen-bond acceptors (Lipinski definition) is 4. The molecule has 2 aliphatic rings. The summed E-state index contributed by atoms with van der Waals surface area (Å²) < 4.78 is 10.9. The van der Waals surface area contributed by atoms with Crippen molar-refractivity contribution in [3.8, 4) is 5.75 Å². The Morgan fingerprint density at radius 1 is 1.44 bits per heavy atom. The van der Waals surface area contributed by atoms with Gasteiger partial charge in [-0.1, -0.05) is 6.07 Å². The number of ether oxygens (including phenoxy) is 2. The Hall–Kier alpha value is -1.59. The molecule has 96 valence electrons. The number of carbonyl (C=O) groups is 1. The molecule has 1 saturated heterocycles. The lowest BCUT2D eigenvalue weighted by atomic mass is 10.0. The summed E-state index contributed by atoms with van der Waals surface area (Å²) in [7, 11) is 1.77. The number of carbonyl (C=O) groups excluding carboxylic acids is 1. The van der Waals surface area contributed by atoms with E-state index in [0.29, 0.717) is 6.61 Å². The first-order chi connectivity index (χ1) is 8.75. The Morgan fingerprint density at radius 3 is 3.11 bits per heavy atom. The van der Waals surface area contributed by atoms with Crippen LogP contribution in [0.25, 0.3) is 0 Å². The van der Waals surface area contributed by atoms with Crippen molar-refractivity contribution < 1.29 is 14.3 Å². The maximum absolute atomic E-state index is 11.5. The minimum Gasteiger partial charge on any atom is -0.482 e. The van der Waals surface area contributed by atoms with Crippen molar-refractivity contribution in [1.29, 1.82) is 0 Å². The first-order valence-electron chi connectivity index (χ1n) is 6.10. The first-order valence-corrected chi connectivity index (χ1v) is 6.10. The number of fused-ring (bicyclic) bond motifs is 1. The van der Waals surface area contributed by atoms with E-state index in [1.54, 1.807) is 11.9 Å². The molecule has 2 heterocycles. The first kappa shape index (κ1) is 11.5. The Balaban J connectivity index is 1.89. The van der Waals surface area contributed by atoms with Crippen molar-refractivity contribution in [2.45, 2.75) is 6.04 Å². The van der Waals surface area contributed by atoms with E-state index in [2.05, 4.69) is 5.32 Å². The fourth-order valence-corrected chi connectivity index (χ4v) is 2.29. The number of anilines is 1. The van der Waals surface area contributed by atoms with Gasteiger partial charge in [-0.25, -0.2) is 0 Å². The molecule has 0 bridgehead atoms. The molecule has 1 N–H and O–H groups in total. The quantitative estimate of drug-likeness (QED) is 0.795. The molecule has 1 amide bonds. The Morgan fingerprint density at radius 2 is 2.33 bits per heavy atom. The number of nitrogens with zero attached hydrogens (tertiary/aromatic N) is 1. The van der Waals surface area contributed by atoms with Gasteiger partial charge in [-0.2, -0.15) is 0 Å². The third kappa shape index (κ3) is 1.95. The molecule has 5 heteroatoms. The normalized spacial score (nSPS) is 23.5. The van der Waals surface area contributed by atoms with Crippen molar-refractivity contribution in [1.82, 2.24) is 5.32 Å². The molecule has 0 spiro atoms. The second-order valence-corrected chi connectivity index (χ2v) is 4.55. The molecular formula is C13H16N2O3. The molecule has 0 aliphatic carbocycles. The zero-order valence-electron chi connectivity index (χ0n) is 10.3. The summed E-state index contributed by atoms with van der Waals surface area (Å²) in [6.45, 7) is 2.41. The standard InChI is InChI=1S/C13H16N2O3/c1-15-11-3-2-9(10-7-17-5-4-14-10)6-12(11)18-8-13(15)16/h2-3,6,10,14H,4-5,7-8H2,1H3. The summed E-state index contributed by atoms with van der Waals surface area (Å²) in [5.41, 5.74) is 1.96. The minimum atomic E-state index is -0.0191. The Labute approximate surface area is 106 Å². The van der Waals surface area contributed by atoms with Gasteiger partial charge in [-0.15, -0.1) is 0 Å². The van der Waals surface area contributed by atoms with Crippen LogP contribution in [0, 0.1) is 0 Å². The summed E-state index contributed by atoms with van der Waals surface area (Å²) in [6.07, 6.45) is 0. The monoisotopic (exact) mass is 248 g/mol. The van der Waals surface area contributed by atoms with Crippen LogP contribution in [0.2, 0.25) is 0 Å². The molecule has 1 aromatic rings. The van der Waals surface area contributed by atoms with E-state index in [-0.39, 0.29) is 18.6 Å². The summed E-state index contributed by atoms with van der Waals surface area (Å²) in [6, 6.07) is 6.14. The van der Waals surface area contributed by atoms with Crippen LogP contribution in [0.5, 0.6) is 5.75 Å². The minimum absolute atomic E-state index is 0.0191. The third-order valence-corrected chi connectivity index (χ3v) is 3.39. The highest BCUT2D eigenvalue weighted by atomic mass is 16.5. The second kappa shape index (κ2) is 4.59. The highest BCUT2D eigenvalue weighted by molar-refractivity contribution is 5.97. The lowest BCUT2D eigenvalue weighted by Crippen LogP contribution is -2.36. The zero-order valence-corrected chi connectivity index (χ0v) is 10.3. The van der Waals surface area contributed by atoms with E-state index in [1.807, 2.05) is 18.2 Å². The summed E-state index contributed by atoms with van der Waals surface area (Å²) in [5, 5.41) is 3.40. The second-order valence-electron chi connectivity index (χ2n) is 4.55. The average Bonchev–Trinajstić information content (AvgIpc) is 2.44. The van der Waals surface area contributed by atoms with Gasteiger partial charge >= 0.3 is 0 Å². The number of rotatable bonds is 1.